The van der Waals surface area contributed by atoms with Crippen molar-refractivity contribution >= 4 is 21.7 Å². The van der Waals surface area contributed by atoms with Gasteiger partial charge in [0.15, 0.2) is 5.78 Å². The third-order valence-corrected chi connectivity index (χ3v) is 3.77. The van der Waals surface area contributed by atoms with Gasteiger partial charge < -0.3 is 4.74 Å². The van der Waals surface area contributed by atoms with E-state index in [0.29, 0.717) is 6.61 Å². The summed E-state index contributed by atoms with van der Waals surface area (Å²) in [7, 11) is 0. The predicted octanol–water partition coefficient (Wildman–Crippen LogP) is 4.79. The fourth-order valence-electron chi connectivity index (χ4n) is 2.06. The van der Waals surface area contributed by atoms with Crippen LogP contribution in [0.2, 0.25) is 0 Å². The quantitative estimate of drug-likeness (QED) is 0.735. The van der Waals surface area contributed by atoms with Gasteiger partial charge in [-0.3, -0.25) is 4.79 Å². The molecule has 0 aliphatic carbocycles. The Morgan fingerprint density at radius 3 is 2.50 bits per heavy atom. The maximum absolute atomic E-state index is 11.6. The van der Waals surface area contributed by atoms with Crippen LogP contribution in [0.4, 0.5) is 0 Å². The molecule has 0 saturated carbocycles. The largest absolute Gasteiger partial charge is 0.488 e. The monoisotopic (exact) mass is 332 g/mol. The third kappa shape index (κ3) is 3.48. The van der Waals surface area contributed by atoms with Crippen LogP contribution < -0.4 is 4.74 Å². The van der Waals surface area contributed by atoms with Gasteiger partial charge in [-0.25, -0.2) is 0 Å². The van der Waals surface area contributed by atoms with Gasteiger partial charge in [0.1, 0.15) is 12.4 Å². The van der Waals surface area contributed by atoms with Gasteiger partial charge >= 0.3 is 0 Å². The number of carbonyl (C=O) groups excluding carboxylic acids is 1. The lowest BCUT2D eigenvalue weighted by atomic mass is 10.0. The minimum Gasteiger partial charge on any atom is -0.488 e. The molecule has 2 aromatic rings. The molecule has 2 aromatic carbocycles. The summed E-state index contributed by atoms with van der Waals surface area (Å²) in [5.74, 6) is 0.855. The lowest BCUT2D eigenvalue weighted by Crippen LogP contribution is -2.02. The summed E-state index contributed by atoms with van der Waals surface area (Å²) in [5, 5.41) is 0. The molecular weight excluding hydrogens is 316 g/mol. The zero-order chi connectivity index (χ0) is 14.5. The van der Waals surface area contributed by atoms with E-state index in [1.807, 2.05) is 49.4 Å². The Kier molecular flexibility index (Phi) is 4.96. The molecule has 0 unspecified atom stereocenters. The average Bonchev–Trinajstić information content (AvgIpc) is 2.46. The normalized spacial score (nSPS) is 10.3. The summed E-state index contributed by atoms with van der Waals surface area (Å²) in [5.41, 5.74) is 2.89. The first-order chi connectivity index (χ1) is 9.61. The van der Waals surface area contributed by atoms with Crippen molar-refractivity contribution in [1.29, 1.82) is 0 Å². The Balaban J connectivity index is 2.22. The molecule has 0 heterocycles. The smallest absolute Gasteiger partial charge is 0.160 e. The SMILES string of the molecule is CCc1cc(OCc2ccccc2)c(Br)cc1C(C)=O. The molecule has 0 radical (unpaired) electrons. The van der Waals surface area contributed by atoms with Gasteiger partial charge in [0.25, 0.3) is 0 Å². The molecule has 0 aromatic heterocycles. The molecule has 104 valence electrons. The van der Waals surface area contributed by atoms with Crippen LogP contribution in [0.15, 0.2) is 46.9 Å². The molecule has 0 saturated heterocycles. The van der Waals surface area contributed by atoms with Crippen LogP contribution >= 0.6 is 15.9 Å². The van der Waals surface area contributed by atoms with Gasteiger partial charge in [-0.1, -0.05) is 37.3 Å². The Morgan fingerprint density at radius 1 is 1.20 bits per heavy atom. The first-order valence-electron chi connectivity index (χ1n) is 6.62. The standard InChI is InChI=1S/C17H17BrO2/c1-3-14-9-17(16(18)10-15(14)12(2)19)20-11-13-7-5-4-6-8-13/h4-10H,3,11H2,1-2H3. The zero-order valence-electron chi connectivity index (χ0n) is 11.7. The average molecular weight is 333 g/mol. The molecular formula is C17H17BrO2. The van der Waals surface area contributed by atoms with Crippen molar-refractivity contribution < 1.29 is 9.53 Å². The van der Waals surface area contributed by atoms with E-state index in [9.17, 15) is 4.79 Å². The Bertz CT molecular complexity index is 606. The van der Waals surface area contributed by atoms with Gasteiger partial charge in [0.05, 0.1) is 4.47 Å². The first-order valence-corrected chi connectivity index (χ1v) is 7.41. The van der Waals surface area contributed by atoms with Crippen LogP contribution in [-0.4, -0.2) is 5.78 Å². The molecule has 2 nitrogen and oxygen atoms in total. The highest BCUT2D eigenvalue weighted by atomic mass is 79.9. The zero-order valence-corrected chi connectivity index (χ0v) is 13.2. The maximum atomic E-state index is 11.6. The molecule has 0 bridgehead atoms. The van der Waals surface area contributed by atoms with Crippen LogP contribution in [0.1, 0.15) is 35.3 Å². The number of hydrogen-bond donors (Lipinski definition) is 0. The lowest BCUT2D eigenvalue weighted by Gasteiger charge is -2.12. The molecule has 0 aliphatic rings. The molecule has 2 rings (SSSR count). The molecule has 0 N–H and O–H groups in total. The molecule has 0 aliphatic heterocycles. The van der Waals surface area contributed by atoms with Crippen LogP contribution in [0, 0.1) is 0 Å². The summed E-state index contributed by atoms with van der Waals surface area (Å²) in [6.45, 7) is 4.14. The number of Topliss-reactive ketones (excluding diaryl/α,β-unsaturated/α-hetero) is 1. The second-order valence-corrected chi connectivity index (χ2v) is 5.48. The van der Waals surface area contributed by atoms with E-state index in [2.05, 4.69) is 15.9 Å². The lowest BCUT2D eigenvalue weighted by molar-refractivity contribution is 0.101. The number of rotatable bonds is 5. The molecule has 0 fully saturated rings. The minimum atomic E-state index is 0.0807. The van der Waals surface area contributed by atoms with Crippen molar-refractivity contribution in [1.82, 2.24) is 0 Å². The van der Waals surface area contributed by atoms with Crippen LogP contribution in [0.3, 0.4) is 0 Å². The third-order valence-electron chi connectivity index (χ3n) is 3.16. The van der Waals surface area contributed by atoms with Crippen LogP contribution in [0.25, 0.3) is 0 Å². The van der Waals surface area contributed by atoms with E-state index < -0.39 is 0 Å². The molecule has 3 heteroatoms. The fourth-order valence-corrected chi connectivity index (χ4v) is 2.52. The summed E-state index contributed by atoms with van der Waals surface area (Å²) in [4.78, 5) is 11.6. The molecule has 20 heavy (non-hydrogen) atoms. The number of halogens is 1. The van der Waals surface area contributed by atoms with Gasteiger partial charge in [0.2, 0.25) is 0 Å². The topological polar surface area (TPSA) is 26.3 Å². The van der Waals surface area contributed by atoms with E-state index in [0.717, 1.165) is 33.3 Å². The van der Waals surface area contributed by atoms with E-state index in [1.54, 1.807) is 6.92 Å². The van der Waals surface area contributed by atoms with Crippen LogP contribution in [-0.2, 0) is 13.0 Å². The van der Waals surface area contributed by atoms with Gasteiger partial charge in [-0.2, -0.15) is 0 Å². The highest BCUT2D eigenvalue weighted by molar-refractivity contribution is 9.10. The van der Waals surface area contributed by atoms with Crippen molar-refractivity contribution in [2.45, 2.75) is 26.9 Å². The molecule has 0 atom stereocenters. The van der Waals surface area contributed by atoms with Gasteiger partial charge in [-0.05, 0) is 52.5 Å². The van der Waals surface area contributed by atoms with Crippen molar-refractivity contribution in [2.75, 3.05) is 0 Å². The van der Waals surface area contributed by atoms with Crippen molar-refractivity contribution in [3.63, 3.8) is 0 Å². The van der Waals surface area contributed by atoms with Crippen molar-refractivity contribution in [2.24, 2.45) is 0 Å². The highest BCUT2D eigenvalue weighted by Crippen LogP contribution is 2.30. The maximum Gasteiger partial charge on any atom is 0.160 e. The van der Waals surface area contributed by atoms with E-state index >= 15 is 0 Å². The number of ketones is 1. The summed E-state index contributed by atoms with van der Waals surface area (Å²) >= 11 is 3.48. The van der Waals surface area contributed by atoms with Crippen LogP contribution in [0.5, 0.6) is 5.75 Å². The van der Waals surface area contributed by atoms with Gasteiger partial charge in [-0.15, -0.1) is 0 Å². The van der Waals surface area contributed by atoms with Crippen molar-refractivity contribution in [3.05, 3.63) is 63.6 Å². The molecule has 0 amide bonds. The minimum absolute atomic E-state index is 0.0807. The van der Waals surface area contributed by atoms with E-state index in [4.69, 9.17) is 4.74 Å². The predicted molar refractivity (Wildman–Crippen MR) is 84.3 cm³/mol. The summed E-state index contributed by atoms with van der Waals surface area (Å²) in [6.07, 6.45) is 0.809. The second kappa shape index (κ2) is 6.71. The summed E-state index contributed by atoms with van der Waals surface area (Å²) in [6, 6.07) is 13.8. The van der Waals surface area contributed by atoms with Crippen molar-refractivity contribution in [3.8, 4) is 5.75 Å². The Hall–Kier alpha value is -1.61. The number of ether oxygens (including phenoxy) is 1. The Labute approximate surface area is 127 Å². The highest BCUT2D eigenvalue weighted by Gasteiger charge is 2.11. The molecule has 0 spiro atoms. The number of benzene rings is 2. The number of hydrogen-bond acceptors (Lipinski definition) is 2. The Morgan fingerprint density at radius 2 is 1.90 bits per heavy atom. The first kappa shape index (κ1) is 14.8. The van der Waals surface area contributed by atoms with Gasteiger partial charge in [0, 0.05) is 5.56 Å². The fraction of sp³-hybridized carbons (Fsp3) is 0.235. The van der Waals surface area contributed by atoms with E-state index in [-0.39, 0.29) is 5.78 Å². The number of carbonyl (C=O) groups is 1. The second-order valence-electron chi connectivity index (χ2n) is 4.62. The summed E-state index contributed by atoms with van der Waals surface area (Å²) < 4.78 is 6.66. The number of aryl methyl sites for hydroxylation is 1. The van der Waals surface area contributed by atoms with E-state index in [1.165, 1.54) is 0 Å².